The number of piperazine rings is 1. The molecule has 3 aliphatic heterocycles. The van der Waals surface area contributed by atoms with Crippen LogP contribution in [0.2, 0.25) is 5.02 Å². The molecule has 4 aromatic rings. The maximum atomic E-state index is 16.2. The Kier molecular flexibility index (Phi) is 7.99. The molecule has 0 bridgehead atoms. The minimum Gasteiger partial charge on any atom is -0.461 e. The highest BCUT2D eigenvalue weighted by Crippen LogP contribution is 2.41. The fourth-order valence-electron chi connectivity index (χ4n) is 7.53. The van der Waals surface area contributed by atoms with Gasteiger partial charge >= 0.3 is 6.01 Å². The molecule has 11 heteroatoms. The monoisotopic (exact) mass is 642 g/mol. The van der Waals surface area contributed by atoms with Crippen molar-refractivity contribution < 1.29 is 18.3 Å². The summed E-state index contributed by atoms with van der Waals surface area (Å²) in [5.41, 5.74) is 1.04. The minimum absolute atomic E-state index is 0.112. The predicted molar refractivity (Wildman–Crippen MR) is 174 cm³/mol. The van der Waals surface area contributed by atoms with Crippen LogP contribution in [-0.4, -0.2) is 82.8 Å². The molecule has 4 heterocycles. The number of halogens is 3. The van der Waals surface area contributed by atoms with Gasteiger partial charge in [0.05, 0.1) is 29.6 Å². The summed E-state index contributed by atoms with van der Waals surface area (Å²) in [5, 5.41) is 12.1. The first-order valence-electron chi connectivity index (χ1n) is 15.6. The van der Waals surface area contributed by atoms with E-state index >= 15 is 4.39 Å². The zero-order valence-electron chi connectivity index (χ0n) is 25.3. The predicted octanol–water partition coefficient (Wildman–Crippen LogP) is 6.31. The molecule has 3 atom stereocenters. The number of carbonyl (C=O) groups is 1. The molecule has 1 unspecified atom stereocenters. The first-order valence-corrected chi connectivity index (χ1v) is 15.9. The number of aromatic nitrogens is 2. The van der Waals surface area contributed by atoms with E-state index in [-0.39, 0.29) is 24.9 Å². The third-order valence-electron chi connectivity index (χ3n) is 9.69. The number of benzene rings is 3. The van der Waals surface area contributed by atoms with Crippen molar-refractivity contribution in [1.82, 2.24) is 19.8 Å². The number of nitriles is 1. The number of hydrogen-bond acceptors (Lipinski definition) is 7. The minimum atomic E-state index is -0.901. The third kappa shape index (κ3) is 5.31. The van der Waals surface area contributed by atoms with E-state index in [0.29, 0.717) is 65.5 Å². The largest absolute Gasteiger partial charge is 0.461 e. The molecule has 46 heavy (non-hydrogen) atoms. The van der Waals surface area contributed by atoms with Crippen molar-refractivity contribution in [2.75, 3.05) is 44.2 Å². The highest BCUT2D eigenvalue weighted by molar-refractivity contribution is 6.36. The van der Waals surface area contributed by atoms with E-state index in [0.717, 1.165) is 30.2 Å². The third-order valence-corrected chi connectivity index (χ3v) is 10.0. The van der Waals surface area contributed by atoms with Crippen LogP contribution in [0.3, 0.4) is 0 Å². The van der Waals surface area contributed by atoms with E-state index in [1.165, 1.54) is 12.1 Å². The van der Waals surface area contributed by atoms with Crippen LogP contribution < -0.4 is 9.64 Å². The molecule has 3 aliphatic rings. The zero-order valence-corrected chi connectivity index (χ0v) is 26.0. The smallest absolute Gasteiger partial charge is 0.319 e. The van der Waals surface area contributed by atoms with Crippen LogP contribution in [0.25, 0.3) is 32.8 Å². The van der Waals surface area contributed by atoms with Crippen molar-refractivity contribution in [2.24, 2.45) is 0 Å². The van der Waals surface area contributed by atoms with Crippen LogP contribution in [0, 0.1) is 17.1 Å². The Morgan fingerprint density at radius 3 is 2.78 bits per heavy atom. The van der Waals surface area contributed by atoms with Gasteiger partial charge in [0, 0.05) is 54.0 Å². The standard InChI is InChI=1S/C35H33ClF2N6O2/c1-2-31(45)44-15-14-42(20-24(44)10-12-39)33-27-16-29(38)26(25-8-3-6-22-7-4-9-28(36)32(22)25)17-30(27)40-34(41-33)46-21-35-11-5-13-43(35)19-23(37)18-35/h2-4,6-9,16-17,23-24H,1,5,10-11,13-15,18-21H2/t23-,24+,35?/m1/s1. The van der Waals surface area contributed by atoms with Gasteiger partial charge in [0.1, 0.15) is 24.4 Å². The topological polar surface area (TPSA) is 85.6 Å². The molecule has 1 amide bonds. The molecule has 3 fully saturated rings. The first-order chi connectivity index (χ1) is 22.3. The number of alkyl halides is 1. The van der Waals surface area contributed by atoms with Gasteiger partial charge in [0.25, 0.3) is 0 Å². The fourth-order valence-corrected chi connectivity index (χ4v) is 7.81. The fraction of sp³-hybridized carbons (Fsp3) is 0.371. The highest BCUT2D eigenvalue weighted by Gasteiger charge is 2.49. The average Bonchev–Trinajstić information content (AvgIpc) is 3.58. The zero-order chi connectivity index (χ0) is 32.0. The highest BCUT2D eigenvalue weighted by atomic mass is 35.5. The number of fused-ring (bicyclic) bond motifs is 3. The van der Waals surface area contributed by atoms with E-state index < -0.39 is 23.6 Å². The molecule has 3 saturated heterocycles. The maximum absolute atomic E-state index is 16.2. The Hall–Kier alpha value is -4.33. The van der Waals surface area contributed by atoms with Gasteiger partial charge in [-0.15, -0.1) is 0 Å². The Morgan fingerprint density at radius 2 is 1.98 bits per heavy atom. The van der Waals surface area contributed by atoms with Gasteiger partial charge in [0.2, 0.25) is 5.91 Å². The van der Waals surface area contributed by atoms with Crippen LogP contribution in [0.5, 0.6) is 6.01 Å². The second-order valence-electron chi connectivity index (χ2n) is 12.4. The number of amides is 1. The number of anilines is 1. The summed E-state index contributed by atoms with van der Waals surface area (Å²) in [7, 11) is 0. The van der Waals surface area contributed by atoms with Crippen LogP contribution in [-0.2, 0) is 4.79 Å². The van der Waals surface area contributed by atoms with Crippen molar-refractivity contribution in [3.8, 4) is 23.2 Å². The Balaban J connectivity index is 1.33. The summed E-state index contributed by atoms with van der Waals surface area (Å²) in [5.74, 6) is -0.262. The second-order valence-corrected chi connectivity index (χ2v) is 12.8. The van der Waals surface area contributed by atoms with Gasteiger partial charge in [0.15, 0.2) is 0 Å². The first kappa shape index (κ1) is 30.3. The van der Waals surface area contributed by atoms with Crippen molar-refractivity contribution in [1.29, 1.82) is 5.26 Å². The second kappa shape index (κ2) is 12.1. The van der Waals surface area contributed by atoms with E-state index in [4.69, 9.17) is 26.3 Å². The summed E-state index contributed by atoms with van der Waals surface area (Å²) in [4.78, 5) is 27.9. The summed E-state index contributed by atoms with van der Waals surface area (Å²) < 4.78 is 36.9. The van der Waals surface area contributed by atoms with Crippen LogP contribution in [0.1, 0.15) is 25.7 Å². The number of carbonyl (C=O) groups excluding carboxylic acids is 1. The molecule has 0 aliphatic carbocycles. The molecule has 8 nitrogen and oxygen atoms in total. The average molecular weight is 643 g/mol. The van der Waals surface area contributed by atoms with Crippen molar-refractivity contribution in [3.63, 3.8) is 0 Å². The van der Waals surface area contributed by atoms with E-state index in [1.807, 2.05) is 35.2 Å². The lowest BCUT2D eigenvalue weighted by atomic mass is 9.95. The molecule has 0 radical (unpaired) electrons. The van der Waals surface area contributed by atoms with Gasteiger partial charge in [-0.3, -0.25) is 9.69 Å². The molecule has 0 spiro atoms. The lowest BCUT2D eigenvalue weighted by Gasteiger charge is -2.41. The van der Waals surface area contributed by atoms with Gasteiger partial charge in [-0.2, -0.15) is 15.2 Å². The molecule has 0 saturated carbocycles. The molecular formula is C35H33ClF2N6O2. The lowest BCUT2D eigenvalue weighted by molar-refractivity contribution is -0.128. The van der Waals surface area contributed by atoms with Gasteiger partial charge in [-0.25, -0.2) is 8.78 Å². The number of hydrogen-bond donors (Lipinski definition) is 0. The van der Waals surface area contributed by atoms with Crippen LogP contribution in [0.15, 0.2) is 61.2 Å². The number of nitrogens with zero attached hydrogens (tertiary/aromatic N) is 6. The molecule has 7 rings (SSSR count). The van der Waals surface area contributed by atoms with Crippen LogP contribution >= 0.6 is 11.6 Å². The number of ether oxygens (including phenoxy) is 1. The van der Waals surface area contributed by atoms with Crippen molar-refractivity contribution >= 4 is 45.0 Å². The molecule has 236 valence electrons. The summed E-state index contributed by atoms with van der Waals surface area (Å²) in [6, 6.07) is 16.2. The Bertz CT molecular complexity index is 1890. The van der Waals surface area contributed by atoms with Gasteiger partial charge < -0.3 is 14.5 Å². The Labute approximate surface area is 270 Å². The quantitative estimate of drug-likeness (QED) is 0.218. The SMILES string of the molecule is C=CC(=O)N1CCN(c2nc(OCC34CCCN3C[C@H](F)C4)nc3cc(-c4cccc5cccc(Cl)c45)c(F)cc23)C[C@@H]1CC#N. The van der Waals surface area contributed by atoms with Gasteiger partial charge in [-0.05, 0) is 54.6 Å². The number of rotatable bonds is 7. The van der Waals surface area contributed by atoms with Gasteiger partial charge in [-0.1, -0.05) is 48.5 Å². The van der Waals surface area contributed by atoms with E-state index in [1.54, 1.807) is 17.0 Å². The van der Waals surface area contributed by atoms with Crippen molar-refractivity contribution in [3.05, 3.63) is 72.0 Å². The molecule has 0 N–H and O–H groups in total. The summed E-state index contributed by atoms with van der Waals surface area (Å²) >= 11 is 6.61. The molecule has 3 aromatic carbocycles. The maximum Gasteiger partial charge on any atom is 0.319 e. The van der Waals surface area contributed by atoms with Crippen molar-refractivity contribution in [2.45, 2.75) is 43.4 Å². The normalized spacial score (nSPS) is 23.1. The molecule has 1 aromatic heterocycles. The van der Waals surface area contributed by atoms with E-state index in [2.05, 4.69) is 17.5 Å². The molecular weight excluding hydrogens is 610 g/mol. The Morgan fingerprint density at radius 1 is 1.15 bits per heavy atom. The summed E-state index contributed by atoms with van der Waals surface area (Å²) in [6.45, 7) is 6.12. The van der Waals surface area contributed by atoms with E-state index in [9.17, 15) is 14.4 Å². The summed E-state index contributed by atoms with van der Waals surface area (Å²) in [6.07, 6.45) is 2.68. The van der Waals surface area contributed by atoms with Crippen LogP contribution in [0.4, 0.5) is 14.6 Å². The lowest BCUT2D eigenvalue weighted by Crippen LogP contribution is -2.55.